The van der Waals surface area contributed by atoms with Crippen LogP contribution in [0.2, 0.25) is 0 Å². The SMILES string of the molecule is CCNN(CCCCCS)C(C)=O. The molecule has 0 rings (SSSR count). The Bertz CT molecular complexity index is 142. The van der Waals surface area contributed by atoms with E-state index in [0.29, 0.717) is 0 Å². The van der Waals surface area contributed by atoms with Crippen molar-refractivity contribution in [3.05, 3.63) is 0 Å². The van der Waals surface area contributed by atoms with Gasteiger partial charge in [-0.3, -0.25) is 9.80 Å². The van der Waals surface area contributed by atoms with Crippen molar-refractivity contribution in [2.45, 2.75) is 33.1 Å². The number of nitrogens with one attached hydrogen (secondary N) is 1. The highest BCUT2D eigenvalue weighted by atomic mass is 32.1. The van der Waals surface area contributed by atoms with Gasteiger partial charge in [0.1, 0.15) is 0 Å². The number of hydrogen-bond donors (Lipinski definition) is 2. The van der Waals surface area contributed by atoms with Gasteiger partial charge in [-0.1, -0.05) is 13.3 Å². The molecule has 0 aromatic heterocycles. The second-order valence-corrected chi connectivity index (χ2v) is 3.41. The molecule has 1 amide bonds. The second kappa shape index (κ2) is 8.38. The molecule has 0 spiro atoms. The Morgan fingerprint density at radius 1 is 1.38 bits per heavy atom. The zero-order valence-electron chi connectivity index (χ0n) is 8.55. The predicted molar refractivity (Wildman–Crippen MR) is 58.8 cm³/mol. The number of carbonyl (C=O) groups excluding carboxylic acids is 1. The van der Waals surface area contributed by atoms with Crippen molar-refractivity contribution in [1.82, 2.24) is 10.4 Å². The fraction of sp³-hybridized carbons (Fsp3) is 0.889. The van der Waals surface area contributed by atoms with Gasteiger partial charge in [-0.05, 0) is 18.6 Å². The fourth-order valence-electron chi connectivity index (χ4n) is 1.10. The highest BCUT2D eigenvalue weighted by molar-refractivity contribution is 7.80. The quantitative estimate of drug-likeness (QED) is 0.374. The minimum absolute atomic E-state index is 0.0905. The minimum atomic E-state index is 0.0905. The molecule has 0 bridgehead atoms. The summed E-state index contributed by atoms with van der Waals surface area (Å²) in [4.78, 5) is 11.0. The molecule has 0 radical (unpaired) electrons. The monoisotopic (exact) mass is 204 g/mol. The van der Waals surface area contributed by atoms with Gasteiger partial charge in [0.15, 0.2) is 0 Å². The highest BCUT2D eigenvalue weighted by Crippen LogP contribution is 1.98. The lowest BCUT2D eigenvalue weighted by Gasteiger charge is -2.20. The number of unbranched alkanes of at least 4 members (excludes halogenated alkanes) is 2. The fourth-order valence-corrected chi connectivity index (χ4v) is 1.32. The van der Waals surface area contributed by atoms with Gasteiger partial charge in [-0.2, -0.15) is 12.6 Å². The standard InChI is InChI=1S/C9H20N2OS/c1-3-10-11(9(2)12)7-5-4-6-8-13/h10,13H,3-8H2,1-2H3. The summed E-state index contributed by atoms with van der Waals surface area (Å²) in [5.74, 6) is 1.02. The van der Waals surface area contributed by atoms with E-state index < -0.39 is 0 Å². The Kier molecular flexibility index (Phi) is 8.24. The van der Waals surface area contributed by atoms with Gasteiger partial charge < -0.3 is 0 Å². The van der Waals surface area contributed by atoms with Crippen LogP contribution >= 0.6 is 12.6 Å². The Morgan fingerprint density at radius 2 is 2.08 bits per heavy atom. The first-order valence-electron chi connectivity index (χ1n) is 4.84. The van der Waals surface area contributed by atoms with Crippen LogP contribution in [0, 0.1) is 0 Å². The molecule has 0 aliphatic heterocycles. The number of hydrogen-bond acceptors (Lipinski definition) is 3. The van der Waals surface area contributed by atoms with Gasteiger partial charge in [0.2, 0.25) is 5.91 Å². The van der Waals surface area contributed by atoms with Crippen molar-refractivity contribution in [2.24, 2.45) is 0 Å². The summed E-state index contributed by atoms with van der Waals surface area (Å²) in [5, 5.41) is 1.68. The molecule has 0 aromatic carbocycles. The molecule has 78 valence electrons. The Morgan fingerprint density at radius 3 is 2.54 bits per heavy atom. The summed E-state index contributed by atoms with van der Waals surface area (Å²) in [6.45, 7) is 5.17. The summed E-state index contributed by atoms with van der Waals surface area (Å²) in [5.41, 5.74) is 3.02. The molecular formula is C9H20N2OS. The predicted octanol–water partition coefficient (Wildman–Crippen LogP) is 1.46. The largest absolute Gasteiger partial charge is 0.278 e. The van der Waals surface area contributed by atoms with E-state index in [4.69, 9.17) is 0 Å². The van der Waals surface area contributed by atoms with Crippen LogP contribution in [0.4, 0.5) is 0 Å². The molecule has 0 saturated heterocycles. The third-order valence-corrected chi connectivity index (χ3v) is 2.09. The topological polar surface area (TPSA) is 32.3 Å². The number of hydrazine groups is 1. The Labute approximate surface area is 86.3 Å². The normalized spacial score (nSPS) is 10.1. The molecule has 0 aliphatic carbocycles. The molecular weight excluding hydrogens is 184 g/mol. The number of carbonyl (C=O) groups is 1. The van der Waals surface area contributed by atoms with E-state index in [-0.39, 0.29) is 5.91 Å². The lowest BCUT2D eigenvalue weighted by Crippen LogP contribution is -2.41. The maximum atomic E-state index is 11.0. The zero-order chi connectivity index (χ0) is 10.1. The maximum Gasteiger partial charge on any atom is 0.233 e. The second-order valence-electron chi connectivity index (χ2n) is 2.97. The zero-order valence-corrected chi connectivity index (χ0v) is 9.44. The summed E-state index contributed by atoms with van der Waals surface area (Å²) in [7, 11) is 0. The first-order chi connectivity index (χ1) is 6.22. The van der Waals surface area contributed by atoms with Gasteiger partial charge in [0, 0.05) is 20.0 Å². The lowest BCUT2D eigenvalue weighted by atomic mass is 10.2. The van der Waals surface area contributed by atoms with Crippen LogP contribution in [-0.2, 0) is 4.79 Å². The third kappa shape index (κ3) is 6.90. The summed E-state index contributed by atoms with van der Waals surface area (Å²) < 4.78 is 0. The number of amides is 1. The molecule has 1 N–H and O–H groups in total. The van der Waals surface area contributed by atoms with Crippen molar-refractivity contribution in [3.63, 3.8) is 0 Å². The maximum absolute atomic E-state index is 11.0. The molecule has 4 heteroatoms. The molecule has 0 saturated carbocycles. The third-order valence-electron chi connectivity index (χ3n) is 1.77. The minimum Gasteiger partial charge on any atom is -0.278 e. The first-order valence-corrected chi connectivity index (χ1v) is 5.48. The molecule has 13 heavy (non-hydrogen) atoms. The van der Waals surface area contributed by atoms with Crippen LogP contribution in [0.3, 0.4) is 0 Å². The number of rotatable bonds is 7. The van der Waals surface area contributed by atoms with E-state index >= 15 is 0 Å². The highest BCUT2D eigenvalue weighted by Gasteiger charge is 2.05. The average molecular weight is 204 g/mol. The van der Waals surface area contributed by atoms with Crippen LogP contribution in [0.15, 0.2) is 0 Å². The Balaban J connectivity index is 3.51. The number of thiol groups is 1. The summed E-state index contributed by atoms with van der Waals surface area (Å²) in [6, 6.07) is 0. The van der Waals surface area contributed by atoms with E-state index in [1.54, 1.807) is 11.9 Å². The molecule has 0 heterocycles. The van der Waals surface area contributed by atoms with Crippen LogP contribution in [0.1, 0.15) is 33.1 Å². The van der Waals surface area contributed by atoms with E-state index in [1.807, 2.05) is 6.92 Å². The van der Waals surface area contributed by atoms with Crippen LogP contribution in [-0.4, -0.2) is 29.8 Å². The Hall–Kier alpha value is -0.220. The van der Waals surface area contributed by atoms with E-state index in [1.165, 1.54) is 0 Å². The number of nitrogens with zero attached hydrogens (tertiary/aromatic N) is 1. The van der Waals surface area contributed by atoms with E-state index in [0.717, 1.165) is 38.1 Å². The van der Waals surface area contributed by atoms with E-state index in [2.05, 4.69) is 18.1 Å². The van der Waals surface area contributed by atoms with Gasteiger partial charge in [0.25, 0.3) is 0 Å². The summed E-state index contributed by atoms with van der Waals surface area (Å²) >= 11 is 4.13. The van der Waals surface area contributed by atoms with Crippen LogP contribution < -0.4 is 5.43 Å². The van der Waals surface area contributed by atoms with Crippen LogP contribution in [0.25, 0.3) is 0 Å². The van der Waals surface area contributed by atoms with Gasteiger partial charge in [0.05, 0.1) is 0 Å². The molecule has 0 unspecified atom stereocenters. The first kappa shape index (κ1) is 12.8. The van der Waals surface area contributed by atoms with Crippen molar-refractivity contribution in [3.8, 4) is 0 Å². The molecule has 0 aromatic rings. The van der Waals surface area contributed by atoms with E-state index in [9.17, 15) is 4.79 Å². The van der Waals surface area contributed by atoms with Crippen molar-refractivity contribution in [1.29, 1.82) is 0 Å². The van der Waals surface area contributed by atoms with Crippen LogP contribution in [0.5, 0.6) is 0 Å². The molecule has 0 atom stereocenters. The van der Waals surface area contributed by atoms with Gasteiger partial charge in [-0.15, -0.1) is 0 Å². The van der Waals surface area contributed by atoms with Gasteiger partial charge in [-0.25, -0.2) is 5.43 Å². The molecule has 3 nitrogen and oxygen atoms in total. The van der Waals surface area contributed by atoms with Gasteiger partial charge >= 0.3 is 0 Å². The molecule has 0 fully saturated rings. The van der Waals surface area contributed by atoms with Crippen molar-refractivity contribution < 1.29 is 4.79 Å². The molecule has 0 aliphatic rings. The lowest BCUT2D eigenvalue weighted by molar-refractivity contribution is -0.132. The van der Waals surface area contributed by atoms with Crippen molar-refractivity contribution in [2.75, 3.05) is 18.8 Å². The smallest absolute Gasteiger partial charge is 0.233 e. The van der Waals surface area contributed by atoms with Crippen molar-refractivity contribution >= 4 is 18.5 Å². The average Bonchev–Trinajstić information content (AvgIpc) is 2.10. The summed E-state index contributed by atoms with van der Waals surface area (Å²) in [6.07, 6.45) is 3.31.